The highest BCUT2D eigenvalue weighted by Gasteiger charge is 2.53. The molecular formula is C9H15BF3-. The molecule has 0 radical (unpaired) electrons. The standard InChI is InChI=1S/C9H15BF3/c11-10(12,13)9-6-8(9)7-4-2-1-3-5-7/h7-9H,1-6H2/q-1. The highest BCUT2D eigenvalue weighted by Crippen LogP contribution is 2.59. The van der Waals surface area contributed by atoms with E-state index in [4.69, 9.17) is 0 Å². The Kier molecular flexibility index (Phi) is 2.33. The van der Waals surface area contributed by atoms with Crippen LogP contribution in [0, 0.1) is 11.8 Å². The van der Waals surface area contributed by atoms with Crippen molar-refractivity contribution in [3.63, 3.8) is 0 Å². The van der Waals surface area contributed by atoms with Gasteiger partial charge in [-0.1, -0.05) is 50.3 Å². The maximum Gasteiger partial charge on any atom is 0.481 e. The maximum absolute atomic E-state index is 12.3. The van der Waals surface area contributed by atoms with E-state index in [-0.39, 0.29) is 5.92 Å². The van der Waals surface area contributed by atoms with Crippen LogP contribution >= 0.6 is 0 Å². The van der Waals surface area contributed by atoms with Gasteiger partial charge in [0.05, 0.1) is 0 Å². The van der Waals surface area contributed by atoms with Crippen molar-refractivity contribution in [2.45, 2.75) is 44.3 Å². The lowest BCUT2D eigenvalue weighted by molar-refractivity contribution is 0.315. The third kappa shape index (κ3) is 2.02. The zero-order valence-electron chi connectivity index (χ0n) is 7.69. The van der Waals surface area contributed by atoms with E-state index < -0.39 is 12.8 Å². The van der Waals surface area contributed by atoms with Gasteiger partial charge in [0.1, 0.15) is 0 Å². The Morgan fingerprint density at radius 2 is 1.54 bits per heavy atom. The maximum atomic E-state index is 12.3. The summed E-state index contributed by atoms with van der Waals surface area (Å²) in [5.41, 5.74) is 0. The first-order valence-corrected chi connectivity index (χ1v) is 5.29. The molecular weight excluding hydrogens is 176 g/mol. The molecule has 13 heavy (non-hydrogen) atoms. The van der Waals surface area contributed by atoms with Gasteiger partial charge in [-0.25, -0.2) is 0 Å². The quantitative estimate of drug-likeness (QED) is 0.582. The molecule has 0 spiro atoms. The molecule has 0 aromatic carbocycles. The van der Waals surface area contributed by atoms with Crippen molar-refractivity contribution in [1.82, 2.24) is 0 Å². The molecule has 0 bridgehead atoms. The van der Waals surface area contributed by atoms with E-state index in [0.717, 1.165) is 25.7 Å². The van der Waals surface area contributed by atoms with Crippen LogP contribution < -0.4 is 0 Å². The van der Waals surface area contributed by atoms with Crippen LogP contribution in [-0.2, 0) is 0 Å². The summed E-state index contributed by atoms with van der Waals surface area (Å²) in [6.07, 6.45) is 6.07. The van der Waals surface area contributed by atoms with Crippen LogP contribution in [0.3, 0.4) is 0 Å². The van der Waals surface area contributed by atoms with Crippen LogP contribution in [0.15, 0.2) is 0 Å². The van der Waals surface area contributed by atoms with Gasteiger partial charge in [-0.3, -0.25) is 0 Å². The van der Waals surface area contributed by atoms with Crippen LogP contribution in [0.5, 0.6) is 0 Å². The topological polar surface area (TPSA) is 0 Å². The van der Waals surface area contributed by atoms with E-state index in [1.165, 1.54) is 6.42 Å². The van der Waals surface area contributed by atoms with E-state index in [1.807, 2.05) is 0 Å². The fourth-order valence-corrected chi connectivity index (χ4v) is 2.77. The molecule has 0 N–H and O–H groups in total. The number of hydrogen-bond acceptors (Lipinski definition) is 0. The lowest BCUT2D eigenvalue weighted by Crippen LogP contribution is -2.19. The molecule has 0 aromatic rings. The zero-order valence-corrected chi connectivity index (χ0v) is 7.69. The Balaban J connectivity index is 1.84. The Labute approximate surface area is 76.9 Å². The number of hydrogen-bond donors (Lipinski definition) is 0. The Morgan fingerprint density at radius 3 is 2.00 bits per heavy atom. The predicted molar refractivity (Wildman–Crippen MR) is 47.5 cm³/mol. The van der Waals surface area contributed by atoms with Gasteiger partial charge in [-0.2, -0.15) is 0 Å². The minimum atomic E-state index is -4.52. The normalized spacial score (nSPS) is 36.2. The molecule has 2 rings (SSSR count). The molecule has 76 valence electrons. The van der Waals surface area contributed by atoms with Crippen LogP contribution in [0.2, 0.25) is 5.82 Å². The van der Waals surface area contributed by atoms with Gasteiger partial charge in [0.2, 0.25) is 0 Å². The lowest BCUT2D eigenvalue weighted by Gasteiger charge is -2.23. The van der Waals surface area contributed by atoms with E-state index in [9.17, 15) is 12.9 Å². The molecule has 0 heterocycles. The SMILES string of the molecule is F[B-](F)(F)C1CC1C1CCCCC1. The molecule has 0 saturated heterocycles. The summed E-state index contributed by atoms with van der Waals surface area (Å²) in [6, 6.07) is 0. The van der Waals surface area contributed by atoms with Crippen LogP contribution in [0.1, 0.15) is 38.5 Å². The van der Waals surface area contributed by atoms with Crippen molar-refractivity contribution >= 4 is 6.98 Å². The fraction of sp³-hybridized carbons (Fsp3) is 1.00. The first kappa shape index (κ1) is 9.41. The van der Waals surface area contributed by atoms with Crippen molar-refractivity contribution in [2.24, 2.45) is 11.8 Å². The highest BCUT2D eigenvalue weighted by atomic mass is 19.4. The van der Waals surface area contributed by atoms with Crippen molar-refractivity contribution in [3.05, 3.63) is 0 Å². The zero-order chi connectivity index (χ0) is 9.47. The minimum absolute atomic E-state index is 0.0142. The smallest absolute Gasteiger partial charge is 0.449 e. The predicted octanol–water partition coefficient (Wildman–Crippen LogP) is 3.80. The van der Waals surface area contributed by atoms with Gasteiger partial charge in [0.15, 0.2) is 0 Å². The van der Waals surface area contributed by atoms with E-state index in [0.29, 0.717) is 12.3 Å². The first-order valence-electron chi connectivity index (χ1n) is 5.29. The largest absolute Gasteiger partial charge is 0.481 e. The van der Waals surface area contributed by atoms with Gasteiger partial charge in [0.25, 0.3) is 0 Å². The Hall–Kier alpha value is -0.145. The van der Waals surface area contributed by atoms with Gasteiger partial charge >= 0.3 is 6.98 Å². The molecule has 2 atom stereocenters. The third-order valence-corrected chi connectivity index (χ3v) is 3.63. The van der Waals surface area contributed by atoms with Crippen molar-refractivity contribution in [2.75, 3.05) is 0 Å². The molecule has 0 aliphatic heterocycles. The highest BCUT2D eigenvalue weighted by molar-refractivity contribution is 6.61. The van der Waals surface area contributed by atoms with E-state index >= 15 is 0 Å². The summed E-state index contributed by atoms with van der Waals surface area (Å²) in [5.74, 6) is -0.467. The summed E-state index contributed by atoms with van der Waals surface area (Å²) < 4.78 is 36.9. The second kappa shape index (κ2) is 3.21. The molecule has 0 aromatic heterocycles. The van der Waals surface area contributed by atoms with Crippen LogP contribution in [0.25, 0.3) is 0 Å². The van der Waals surface area contributed by atoms with E-state index in [2.05, 4.69) is 0 Å². The Morgan fingerprint density at radius 1 is 0.923 bits per heavy atom. The molecule has 2 saturated carbocycles. The summed E-state index contributed by atoms with van der Waals surface area (Å²) in [5, 5.41) is 0. The van der Waals surface area contributed by atoms with Gasteiger partial charge in [0, 0.05) is 0 Å². The lowest BCUT2D eigenvalue weighted by atomic mass is 9.76. The molecule has 0 nitrogen and oxygen atoms in total. The van der Waals surface area contributed by atoms with E-state index in [1.54, 1.807) is 0 Å². The van der Waals surface area contributed by atoms with Gasteiger partial charge in [-0.15, -0.1) is 0 Å². The van der Waals surface area contributed by atoms with Gasteiger partial charge < -0.3 is 12.9 Å². The molecule has 4 heteroatoms. The van der Waals surface area contributed by atoms with Crippen molar-refractivity contribution in [1.29, 1.82) is 0 Å². The number of rotatable bonds is 2. The first-order chi connectivity index (χ1) is 6.09. The fourth-order valence-electron chi connectivity index (χ4n) is 2.77. The average molecular weight is 191 g/mol. The molecule has 0 amide bonds. The summed E-state index contributed by atoms with van der Waals surface area (Å²) in [6.45, 7) is -4.52. The second-order valence-electron chi connectivity index (χ2n) is 4.59. The average Bonchev–Trinajstić information content (AvgIpc) is 2.83. The molecule has 2 aliphatic carbocycles. The molecule has 2 unspecified atom stereocenters. The molecule has 2 aliphatic rings. The van der Waals surface area contributed by atoms with Crippen molar-refractivity contribution in [3.8, 4) is 0 Å². The van der Waals surface area contributed by atoms with Crippen LogP contribution in [0.4, 0.5) is 12.9 Å². The summed E-state index contributed by atoms with van der Waals surface area (Å²) in [7, 11) is 0. The third-order valence-electron chi connectivity index (χ3n) is 3.63. The van der Waals surface area contributed by atoms with Crippen LogP contribution in [-0.4, -0.2) is 6.98 Å². The monoisotopic (exact) mass is 191 g/mol. The second-order valence-corrected chi connectivity index (χ2v) is 4.59. The van der Waals surface area contributed by atoms with Gasteiger partial charge in [-0.05, 0) is 5.92 Å². The Bertz CT molecular complexity index is 184. The molecule has 2 fully saturated rings. The summed E-state index contributed by atoms with van der Waals surface area (Å²) >= 11 is 0. The summed E-state index contributed by atoms with van der Waals surface area (Å²) in [4.78, 5) is 0. The minimum Gasteiger partial charge on any atom is -0.449 e. The van der Waals surface area contributed by atoms with Crippen molar-refractivity contribution < 1.29 is 12.9 Å². The number of halogens is 3.